The fourth-order valence-corrected chi connectivity index (χ4v) is 1.97. The number of nitro groups is 1. The lowest BCUT2D eigenvalue weighted by Crippen LogP contribution is -2.14. The summed E-state index contributed by atoms with van der Waals surface area (Å²) in [6.45, 7) is 3.85. The van der Waals surface area contributed by atoms with Crippen LogP contribution in [0.15, 0.2) is 18.2 Å². The maximum atomic E-state index is 12.9. The molecule has 0 saturated heterocycles. The summed E-state index contributed by atoms with van der Waals surface area (Å²) in [4.78, 5) is 9.86. The average molecular weight is 273 g/mol. The summed E-state index contributed by atoms with van der Waals surface area (Å²) >= 11 is 0. The van der Waals surface area contributed by atoms with Gasteiger partial charge in [-0.3, -0.25) is 10.1 Å². The van der Waals surface area contributed by atoms with Crippen LogP contribution in [0.4, 0.5) is 14.5 Å². The highest BCUT2D eigenvalue weighted by molar-refractivity contribution is 5.40. The molecule has 106 valence electrons. The van der Waals surface area contributed by atoms with Crippen LogP contribution in [0.1, 0.15) is 37.8 Å². The summed E-state index contributed by atoms with van der Waals surface area (Å²) in [6, 6.07) is 3.36. The molecule has 1 unspecified atom stereocenters. The van der Waals surface area contributed by atoms with Crippen molar-refractivity contribution in [3.8, 4) is 0 Å². The van der Waals surface area contributed by atoms with Crippen molar-refractivity contribution < 1.29 is 18.8 Å². The summed E-state index contributed by atoms with van der Waals surface area (Å²) in [5, 5.41) is 20.3. The van der Waals surface area contributed by atoms with Gasteiger partial charge in [0.25, 0.3) is 12.1 Å². The molecule has 1 rings (SSSR count). The molecule has 0 aliphatic rings. The van der Waals surface area contributed by atoms with Crippen molar-refractivity contribution in [1.29, 1.82) is 0 Å². The van der Waals surface area contributed by atoms with Crippen LogP contribution in [0.3, 0.4) is 0 Å². The Morgan fingerprint density at radius 3 is 2.47 bits per heavy atom. The molecule has 4 nitrogen and oxygen atoms in total. The third-order valence-corrected chi connectivity index (χ3v) is 2.77. The maximum Gasteiger partial charge on any atom is 0.269 e. The second-order valence-electron chi connectivity index (χ2n) is 4.93. The van der Waals surface area contributed by atoms with E-state index in [-0.39, 0.29) is 29.2 Å². The first-order chi connectivity index (χ1) is 8.81. The third-order valence-electron chi connectivity index (χ3n) is 2.77. The predicted molar refractivity (Wildman–Crippen MR) is 67.2 cm³/mol. The van der Waals surface area contributed by atoms with E-state index in [1.165, 1.54) is 12.1 Å². The van der Waals surface area contributed by atoms with Gasteiger partial charge in [-0.05, 0) is 24.3 Å². The van der Waals surface area contributed by atoms with Gasteiger partial charge in [-0.1, -0.05) is 19.9 Å². The standard InChI is InChI=1S/C13H17F2NO3/c1-8(2)5-11(17)6-9-3-4-10(16(18)19)7-12(9)13(14)15/h3-4,7-8,11,13,17H,5-6H2,1-2H3. The highest BCUT2D eigenvalue weighted by Gasteiger charge is 2.19. The Morgan fingerprint density at radius 2 is 2.00 bits per heavy atom. The monoisotopic (exact) mass is 273 g/mol. The fourth-order valence-electron chi connectivity index (χ4n) is 1.97. The van der Waals surface area contributed by atoms with E-state index in [4.69, 9.17) is 0 Å². The van der Waals surface area contributed by atoms with Crippen LogP contribution in [-0.4, -0.2) is 16.1 Å². The molecule has 0 aliphatic heterocycles. The molecule has 1 aromatic rings. The van der Waals surface area contributed by atoms with Gasteiger partial charge >= 0.3 is 0 Å². The Morgan fingerprint density at radius 1 is 1.37 bits per heavy atom. The van der Waals surface area contributed by atoms with Gasteiger partial charge in [-0.25, -0.2) is 8.78 Å². The molecule has 0 aliphatic carbocycles. The Hall–Kier alpha value is -1.56. The van der Waals surface area contributed by atoms with E-state index < -0.39 is 17.5 Å². The predicted octanol–water partition coefficient (Wildman–Crippen LogP) is 3.48. The largest absolute Gasteiger partial charge is 0.393 e. The van der Waals surface area contributed by atoms with Crippen LogP contribution >= 0.6 is 0 Å². The number of hydrogen-bond acceptors (Lipinski definition) is 3. The number of aliphatic hydroxyl groups is 1. The molecule has 0 saturated carbocycles. The Balaban J connectivity index is 2.97. The minimum absolute atomic E-state index is 0.0792. The molecule has 6 heteroatoms. The first kappa shape index (κ1) is 15.5. The summed E-state index contributed by atoms with van der Waals surface area (Å²) in [5.41, 5.74) is -0.483. The van der Waals surface area contributed by atoms with Crippen molar-refractivity contribution in [2.75, 3.05) is 0 Å². The molecule has 0 amide bonds. The van der Waals surface area contributed by atoms with Gasteiger partial charge in [0.2, 0.25) is 0 Å². The topological polar surface area (TPSA) is 63.4 Å². The molecule has 0 aromatic heterocycles. The molecule has 0 radical (unpaired) electrons. The number of benzene rings is 1. The zero-order valence-electron chi connectivity index (χ0n) is 10.8. The van der Waals surface area contributed by atoms with Crippen molar-refractivity contribution in [2.45, 2.75) is 39.2 Å². The van der Waals surface area contributed by atoms with E-state index in [0.717, 1.165) is 6.07 Å². The molecule has 1 aromatic carbocycles. The Bertz CT molecular complexity index is 450. The van der Waals surface area contributed by atoms with Crippen LogP contribution in [-0.2, 0) is 6.42 Å². The summed E-state index contributed by atoms with van der Waals surface area (Å²) in [6.07, 6.45) is -2.93. The Labute approximate surface area is 110 Å². The van der Waals surface area contributed by atoms with Gasteiger partial charge in [0.1, 0.15) is 0 Å². The van der Waals surface area contributed by atoms with Crippen LogP contribution in [0.5, 0.6) is 0 Å². The van der Waals surface area contributed by atoms with Gasteiger partial charge in [0.05, 0.1) is 11.0 Å². The molecule has 19 heavy (non-hydrogen) atoms. The first-order valence-electron chi connectivity index (χ1n) is 6.04. The maximum absolute atomic E-state index is 12.9. The lowest BCUT2D eigenvalue weighted by atomic mass is 9.96. The number of aliphatic hydroxyl groups excluding tert-OH is 1. The average Bonchev–Trinajstić information content (AvgIpc) is 2.27. The summed E-state index contributed by atoms with van der Waals surface area (Å²) < 4.78 is 25.8. The van der Waals surface area contributed by atoms with Gasteiger partial charge in [0.15, 0.2) is 0 Å². The molecule has 1 atom stereocenters. The van der Waals surface area contributed by atoms with E-state index in [9.17, 15) is 24.0 Å². The third kappa shape index (κ3) is 4.55. The number of nitro benzene ring substituents is 1. The number of non-ortho nitro benzene ring substituents is 1. The van der Waals surface area contributed by atoms with Gasteiger partial charge < -0.3 is 5.11 Å². The summed E-state index contributed by atoms with van der Waals surface area (Å²) in [5.74, 6) is 0.253. The fraction of sp³-hybridized carbons (Fsp3) is 0.538. The zero-order valence-corrected chi connectivity index (χ0v) is 10.8. The summed E-state index contributed by atoms with van der Waals surface area (Å²) in [7, 11) is 0. The molecular formula is C13H17F2NO3. The van der Waals surface area contributed by atoms with Crippen LogP contribution in [0, 0.1) is 16.0 Å². The second kappa shape index (κ2) is 6.56. The molecular weight excluding hydrogens is 256 g/mol. The van der Waals surface area contributed by atoms with E-state index in [1.807, 2.05) is 13.8 Å². The number of hydrogen-bond donors (Lipinski definition) is 1. The number of nitrogens with zero attached hydrogens (tertiary/aromatic N) is 1. The van der Waals surface area contributed by atoms with Crippen LogP contribution in [0.2, 0.25) is 0 Å². The smallest absolute Gasteiger partial charge is 0.269 e. The first-order valence-corrected chi connectivity index (χ1v) is 6.04. The SMILES string of the molecule is CC(C)CC(O)Cc1ccc([N+](=O)[O-])cc1C(F)F. The van der Waals surface area contributed by atoms with E-state index >= 15 is 0 Å². The molecule has 0 fully saturated rings. The zero-order chi connectivity index (χ0) is 14.6. The van der Waals surface area contributed by atoms with Crippen molar-refractivity contribution >= 4 is 5.69 Å². The Kier molecular flexibility index (Phi) is 5.35. The molecule has 1 N–H and O–H groups in total. The van der Waals surface area contributed by atoms with Crippen molar-refractivity contribution in [2.24, 2.45) is 5.92 Å². The van der Waals surface area contributed by atoms with Crippen LogP contribution < -0.4 is 0 Å². The quantitative estimate of drug-likeness (QED) is 0.637. The number of halogens is 2. The van der Waals surface area contributed by atoms with Gasteiger partial charge in [-0.15, -0.1) is 0 Å². The number of rotatable bonds is 6. The lowest BCUT2D eigenvalue weighted by Gasteiger charge is -2.15. The molecule has 0 heterocycles. The van der Waals surface area contributed by atoms with Crippen molar-refractivity contribution in [3.05, 3.63) is 39.4 Å². The van der Waals surface area contributed by atoms with Crippen molar-refractivity contribution in [1.82, 2.24) is 0 Å². The second-order valence-corrected chi connectivity index (χ2v) is 4.93. The van der Waals surface area contributed by atoms with Gasteiger partial charge in [-0.2, -0.15) is 0 Å². The molecule has 0 bridgehead atoms. The highest BCUT2D eigenvalue weighted by atomic mass is 19.3. The lowest BCUT2D eigenvalue weighted by molar-refractivity contribution is -0.385. The van der Waals surface area contributed by atoms with E-state index in [0.29, 0.717) is 6.42 Å². The molecule has 0 spiro atoms. The van der Waals surface area contributed by atoms with Gasteiger partial charge in [0, 0.05) is 17.7 Å². The minimum atomic E-state index is -2.79. The van der Waals surface area contributed by atoms with E-state index in [1.54, 1.807) is 0 Å². The minimum Gasteiger partial charge on any atom is -0.393 e. The van der Waals surface area contributed by atoms with Crippen molar-refractivity contribution in [3.63, 3.8) is 0 Å². The highest BCUT2D eigenvalue weighted by Crippen LogP contribution is 2.28. The normalized spacial score (nSPS) is 13.0. The number of alkyl halides is 2. The van der Waals surface area contributed by atoms with Crippen LogP contribution in [0.25, 0.3) is 0 Å². The van der Waals surface area contributed by atoms with E-state index in [2.05, 4.69) is 0 Å².